The molecule has 0 unspecified atom stereocenters. The van der Waals surface area contributed by atoms with Gasteiger partial charge >= 0.3 is 0 Å². The minimum atomic E-state index is 0.609. The van der Waals surface area contributed by atoms with Crippen LogP contribution in [0, 0.1) is 0 Å². The number of hydrogen-bond acceptors (Lipinski definition) is 1. The average molecular weight is 218 g/mol. The van der Waals surface area contributed by atoms with Crippen LogP contribution in [0.4, 0.5) is 5.69 Å². The Labute approximate surface area is 89.3 Å². The van der Waals surface area contributed by atoms with Crippen molar-refractivity contribution in [2.75, 3.05) is 18.0 Å². The predicted octanol–water partition coefficient (Wildman–Crippen LogP) is 3.84. The van der Waals surface area contributed by atoms with Crippen molar-refractivity contribution in [2.45, 2.75) is 13.8 Å². The fraction of sp³-hybridized carbons (Fsp3) is 0.400. The molecule has 1 rings (SSSR count). The molecule has 0 saturated heterocycles. The molecule has 0 aromatic heterocycles. The lowest BCUT2D eigenvalue weighted by Gasteiger charge is -2.21. The molecule has 0 saturated carbocycles. The number of benzene rings is 1. The molecule has 0 spiro atoms. The molecule has 0 amide bonds. The van der Waals surface area contributed by atoms with Gasteiger partial charge in [-0.25, -0.2) is 0 Å². The van der Waals surface area contributed by atoms with E-state index in [0.29, 0.717) is 10.0 Å². The van der Waals surface area contributed by atoms with Crippen LogP contribution in [-0.2, 0) is 0 Å². The van der Waals surface area contributed by atoms with Crippen molar-refractivity contribution in [2.24, 2.45) is 0 Å². The fourth-order valence-electron chi connectivity index (χ4n) is 1.27. The van der Waals surface area contributed by atoms with E-state index in [9.17, 15) is 0 Å². The Morgan fingerprint density at radius 1 is 1.08 bits per heavy atom. The van der Waals surface area contributed by atoms with Gasteiger partial charge in [0.05, 0.1) is 10.0 Å². The van der Waals surface area contributed by atoms with Crippen molar-refractivity contribution >= 4 is 28.9 Å². The Morgan fingerprint density at radius 3 is 2.15 bits per heavy atom. The van der Waals surface area contributed by atoms with Crippen LogP contribution in [0.25, 0.3) is 0 Å². The number of hydrogen-bond donors (Lipinski definition) is 0. The quantitative estimate of drug-likeness (QED) is 0.744. The summed E-state index contributed by atoms with van der Waals surface area (Å²) in [6.07, 6.45) is 0. The number of halogens is 2. The zero-order chi connectivity index (χ0) is 9.84. The van der Waals surface area contributed by atoms with Crippen LogP contribution < -0.4 is 4.90 Å². The lowest BCUT2D eigenvalue weighted by molar-refractivity contribution is 0.866. The zero-order valence-corrected chi connectivity index (χ0v) is 9.36. The lowest BCUT2D eigenvalue weighted by Crippen LogP contribution is -2.21. The molecule has 0 fully saturated rings. The van der Waals surface area contributed by atoms with E-state index < -0.39 is 0 Å². The molecule has 3 heteroatoms. The van der Waals surface area contributed by atoms with E-state index in [1.54, 1.807) is 0 Å². The van der Waals surface area contributed by atoms with Gasteiger partial charge in [-0.05, 0) is 32.0 Å². The van der Waals surface area contributed by atoms with Crippen molar-refractivity contribution in [3.63, 3.8) is 0 Å². The summed E-state index contributed by atoms with van der Waals surface area (Å²) in [5, 5.41) is 1.23. The van der Waals surface area contributed by atoms with Gasteiger partial charge in [-0.1, -0.05) is 23.2 Å². The summed E-state index contributed by atoms with van der Waals surface area (Å²) in [4.78, 5) is 2.22. The van der Waals surface area contributed by atoms with Gasteiger partial charge < -0.3 is 4.90 Å². The summed E-state index contributed by atoms with van der Waals surface area (Å²) in [7, 11) is 0. The van der Waals surface area contributed by atoms with Gasteiger partial charge in [0, 0.05) is 18.8 Å². The van der Waals surface area contributed by atoms with E-state index in [4.69, 9.17) is 23.2 Å². The maximum Gasteiger partial charge on any atom is 0.0612 e. The maximum atomic E-state index is 5.91. The monoisotopic (exact) mass is 217 g/mol. The molecule has 0 atom stereocenters. The minimum absolute atomic E-state index is 0.609. The Hall–Kier alpha value is -0.400. The van der Waals surface area contributed by atoms with E-state index in [1.807, 2.05) is 18.2 Å². The maximum absolute atomic E-state index is 5.91. The highest BCUT2D eigenvalue weighted by Gasteiger charge is 2.03. The van der Waals surface area contributed by atoms with Crippen LogP contribution >= 0.6 is 23.2 Å². The Kier molecular flexibility index (Phi) is 3.89. The molecule has 0 radical (unpaired) electrons. The second kappa shape index (κ2) is 4.73. The molecule has 72 valence electrons. The summed E-state index contributed by atoms with van der Waals surface area (Å²) in [5.74, 6) is 0. The van der Waals surface area contributed by atoms with Crippen molar-refractivity contribution in [3.05, 3.63) is 28.2 Å². The third kappa shape index (κ3) is 2.52. The number of anilines is 1. The van der Waals surface area contributed by atoms with E-state index in [-0.39, 0.29) is 0 Å². The first-order valence-corrected chi connectivity index (χ1v) is 5.14. The van der Waals surface area contributed by atoms with Crippen molar-refractivity contribution in [1.82, 2.24) is 0 Å². The molecular formula is C10H13Cl2N. The summed E-state index contributed by atoms with van der Waals surface area (Å²) in [5.41, 5.74) is 1.12. The molecule has 13 heavy (non-hydrogen) atoms. The van der Waals surface area contributed by atoms with E-state index in [1.165, 1.54) is 0 Å². The molecule has 1 nitrogen and oxygen atoms in total. The molecule has 1 aromatic carbocycles. The lowest BCUT2D eigenvalue weighted by atomic mass is 10.3. The highest BCUT2D eigenvalue weighted by molar-refractivity contribution is 6.42. The standard InChI is InChI=1S/C10H13Cl2N/c1-3-13(4-2)8-5-6-9(11)10(12)7-8/h5-7H,3-4H2,1-2H3. The van der Waals surface area contributed by atoms with E-state index in [2.05, 4.69) is 18.7 Å². The summed E-state index contributed by atoms with van der Waals surface area (Å²) >= 11 is 11.7. The van der Waals surface area contributed by atoms with Crippen LogP contribution in [0.3, 0.4) is 0 Å². The highest BCUT2D eigenvalue weighted by Crippen LogP contribution is 2.26. The molecule has 0 N–H and O–H groups in total. The largest absolute Gasteiger partial charge is 0.372 e. The molecular weight excluding hydrogens is 205 g/mol. The summed E-state index contributed by atoms with van der Waals surface area (Å²) in [6, 6.07) is 5.72. The molecule has 1 aromatic rings. The normalized spacial score (nSPS) is 10.2. The van der Waals surface area contributed by atoms with Crippen molar-refractivity contribution in [1.29, 1.82) is 0 Å². The third-order valence-corrected chi connectivity index (χ3v) is 2.77. The van der Waals surface area contributed by atoms with Gasteiger partial charge in [-0.3, -0.25) is 0 Å². The molecule has 0 aliphatic carbocycles. The predicted molar refractivity (Wildman–Crippen MR) is 60.0 cm³/mol. The van der Waals surface area contributed by atoms with Gasteiger partial charge in [0.2, 0.25) is 0 Å². The SMILES string of the molecule is CCN(CC)c1ccc(Cl)c(Cl)c1. The topological polar surface area (TPSA) is 3.24 Å². The fourth-order valence-corrected chi connectivity index (χ4v) is 1.56. The Balaban J connectivity index is 2.95. The highest BCUT2D eigenvalue weighted by atomic mass is 35.5. The van der Waals surface area contributed by atoms with Crippen LogP contribution in [0.2, 0.25) is 10.0 Å². The van der Waals surface area contributed by atoms with Gasteiger partial charge in [0.15, 0.2) is 0 Å². The first kappa shape index (κ1) is 10.7. The minimum Gasteiger partial charge on any atom is -0.372 e. The number of rotatable bonds is 3. The van der Waals surface area contributed by atoms with Crippen LogP contribution in [-0.4, -0.2) is 13.1 Å². The average Bonchev–Trinajstić information content (AvgIpc) is 2.13. The zero-order valence-electron chi connectivity index (χ0n) is 7.85. The molecule has 0 bridgehead atoms. The van der Waals surface area contributed by atoms with Crippen LogP contribution in [0.5, 0.6) is 0 Å². The second-order valence-corrected chi connectivity index (χ2v) is 3.59. The summed E-state index contributed by atoms with van der Waals surface area (Å²) in [6.45, 7) is 6.20. The Bertz CT molecular complexity index is 282. The van der Waals surface area contributed by atoms with Gasteiger partial charge in [0.1, 0.15) is 0 Å². The molecule has 0 aliphatic rings. The van der Waals surface area contributed by atoms with Gasteiger partial charge in [-0.2, -0.15) is 0 Å². The van der Waals surface area contributed by atoms with E-state index in [0.717, 1.165) is 18.8 Å². The molecule has 0 heterocycles. The van der Waals surface area contributed by atoms with Gasteiger partial charge in [-0.15, -0.1) is 0 Å². The third-order valence-electron chi connectivity index (χ3n) is 2.03. The molecule has 0 aliphatic heterocycles. The second-order valence-electron chi connectivity index (χ2n) is 2.77. The van der Waals surface area contributed by atoms with Crippen molar-refractivity contribution in [3.8, 4) is 0 Å². The Morgan fingerprint density at radius 2 is 1.69 bits per heavy atom. The van der Waals surface area contributed by atoms with Crippen molar-refractivity contribution < 1.29 is 0 Å². The smallest absolute Gasteiger partial charge is 0.0612 e. The number of nitrogens with zero attached hydrogens (tertiary/aromatic N) is 1. The summed E-state index contributed by atoms with van der Waals surface area (Å²) < 4.78 is 0. The van der Waals surface area contributed by atoms with E-state index >= 15 is 0 Å². The van der Waals surface area contributed by atoms with Gasteiger partial charge in [0.25, 0.3) is 0 Å². The first-order valence-electron chi connectivity index (χ1n) is 4.39. The first-order chi connectivity index (χ1) is 6.19. The van der Waals surface area contributed by atoms with Crippen LogP contribution in [0.1, 0.15) is 13.8 Å². The van der Waals surface area contributed by atoms with Crippen LogP contribution in [0.15, 0.2) is 18.2 Å².